The van der Waals surface area contributed by atoms with Gasteiger partial charge in [0.05, 0.1) is 11.4 Å². The number of benzene rings is 4. The van der Waals surface area contributed by atoms with E-state index in [1.54, 1.807) is 0 Å². The van der Waals surface area contributed by atoms with Gasteiger partial charge in [-0.1, -0.05) is 48.5 Å². The first kappa shape index (κ1) is 22.7. The number of hydrazine groups is 2. The molecule has 0 aliphatic heterocycles. The molecule has 0 bridgehead atoms. The van der Waals surface area contributed by atoms with Crippen molar-refractivity contribution in [1.82, 2.24) is 9.66 Å². The van der Waals surface area contributed by atoms with Crippen LogP contribution in [0.5, 0.6) is 0 Å². The van der Waals surface area contributed by atoms with Gasteiger partial charge in [0.15, 0.2) is 0 Å². The molecule has 33 heavy (non-hydrogen) atoms. The van der Waals surface area contributed by atoms with Gasteiger partial charge in [-0.3, -0.25) is 0 Å². The molecular formula is C24H28N6O2S. The standard InChI is InChI=1S/C24H28N6O2S/c1-29(2)23-15-7-9-17-19(23)11-5-13-21(17)25-27-33(31,32)28-26-22-14-6-12-20-18(22)10-8-16-24(20)30(3)4/h5-16,25-28H,1-4H3. The van der Waals surface area contributed by atoms with Gasteiger partial charge in [-0.25, -0.2) is 0 Å². The fraction of sp³-hybridized carbons (Fsp3) is 0.167. The Bertz CT molecular complexity index is 1300. The van der Waals surface area contributed by atoms with Crippen LogP contribution < -0.4 is 30.3 Å². The van der Waals surface area contributed by atoms with Gasteiger partial charge >= 0.3 is 10.2 Å². The molecule has 0 aromatic heterocycles. The molecule has 172 valence electrons. The minimum absolute atomic E-state index is 0.655. The number of nitrogens with zero attached hydrogens (tertiary/aromatic N) is 2. The first-order valence-electron chi connectivity index (χ1n) is 10.5. The number of anilines is 4. The third kappa shape index (κ3) is 4.80. The molecule has 0 spiro atoms. The Balaban J connectivity index is 1.52. The van der Waals surface area contributed by atoms with Crippen LogP contribution in [0.3, 0.4) is 0 Å². The summed E-state index contributed by atoms with van der Waals surface area (Å²) < 4.78 is 25.3. The second-order valence-electron chi connectivity index (χ2n) is 8.10. The van der Waals surface area contributed by atoms with E-state index < -0.39 is 10.2 Å². The highest BCUT2D eigenvalue weighted by molar-refractivity contribution is 7.87. The Morgan fingerprint density at radius 1 is 0.545 bits per heavy atom. The Labute approximate surface area is 194 Å². The lowest BCUT2D eigenvalue weighted by Crippen LogP contribution is -2.42. The maximum absolute atomic E-state index is 12.6. The minimum Gasteiger partial charge on any atom is -0.377 e. The van der Waals surface area contributed by atoms with Gasteiger partial charge in [0, 0.05) is 61.1 Å². The summed E-state index contributed by atoms with van der Waals surface area (Å²) in [6, 6.07) is 23.3. The van der Waals surface area contributed by atoms with Crippen molar-refractivity contribution in [3.8, 4) is 0 Å². The Kier molecular flexibility index (Phi) is 6.28. The number of rotatable bonds is 8. The normalized spacial score (nSPS) is 11.5. The van der Waals surface area contributed by atoms with Crippen molar-refractivity contribution >= 4 is 54.5 Å². The molecule has 0 unspecified atom stereocenters. The molecule has 0 fully saturated rings. The maximum Gasteiger partial charge on any atom is 0.310 e. The Morgan fingerprint density at radius 3 is 1.30 bits per heavy atom. The van der Waals surface area contributed by atoms with E-state index in [1.165, 1.54) is 0 Å². The first-order valence-corrected chi connectivity index (χ1v) is 11.9. The lowest BCUT2D eigenvalue weighted by Gasteiger charge is -2.19. The van der Waals surface area contributed by atoms with Crippen LogP contribution >= 0.6 is 0 Å². The minimum atomic E-state index is -3.91. The number of hydrogen-bond donors (Lipinski definition) is 4. The predicted molar refractivity (Wildman–Crippen MR) is 139 cm³/mol. The molecule has 0 saturated heterocycles. The average Bonchev–Trinajstić information content (AvgIpc) is 2.80. The van der Waals surface area contributed by atoms with Crippen molar-refractivity contribution in [2.75, 3.05) is 48.8 Å². The van der Waals surface area contributed by atoms with Crippen molar-refractivity contribution in [3.63, 3.8) is 0 Å². The molecule has 4 aromatic rings. The van der Waals surface area contributed by atoms with E-state index in [-0.39, 0.29) is 0 Å². The van der Waals surface area contributed by atoms with E-state index in [2.05, 4.69) is 20.5 Å². The van der Waals surface area contributed by atoms with Crippen LogP contribution in [-0.2, 0) is 10.2 Å². The van der Waals surface area contributed by atoms with Crippen molar-refractivity contribution in [2.45, 2.75) is 0 Å². The highest BCUT2D eigenvalue weighted by Crippen LogP contribution is 2.31. The van der Waals surface area contributed by atoms with Crippen LogP contribution in [0.2, 0.25) is 0 Å². The molecule has 8 nitrogen and oxygen atoms in total. The first-order chi connectivity index (χ1) is 15.8. The zero-order chi connectivity index (χ0) is 23.6. The molecule has 4 aromatic carbocycles. The second-order valence-corrected chi connectivity index (χ2v) is 9.52. The van der Waals surface area contributed by atoms with Crippen LogP contribution in [0, 0.1) is 0 Å². The van der Waals surface area contributed by atoms with Crippen molar-refractivity contribution in [3.05, 3.63) is 72.8 Å². The highest BCUT2D eigenvalue weighted by atomic mass is 32.2. The topological polar surface area (TPSA) is 88.7 Å². The van der Waals surface area contributed by atoms with Gasteiger partial charge in [-0.05, 0) is 24.3 Å². The largest absolute Gasteiger partial charge is 0.377 e. The summed E-state index contributed by atoms with van der Waals surface area (Å²) in [5.41, 5.74) is 9.06. The smallest absolute Gasteiger partial charge is 0.310 e. The van der Waals surface area contributed by atoms with Crippen LogP contribution in [0.15, 0.2) is 72.8 Å². The lowest BCUT2D eigenvalue weighted by atomic mass is 10.1. The molecule has 0 saturated carbocycles. The molecule has 0 aliphatic carbocycles. The average molecular weight is 465 g/mol. The molecule has 0 radical (unpaired) electrons. The molecule has 0 amide bonds. The summed E-state index contributed by atoms with van der Waals surface area (Å²) in [5, 5.41) is 3.85. The molecule has 9 heteroatoms. The molecule has 0 heterocycles. The van der Waals surface area contributed by atoms with Crippen molar-refractivity contribution < 1.29 is 8.42 Å². The van der Waals surface area contributed by atoms with Crippen LogP contribution in [0.25, 0.3) is 21.5 Å². The zero-order valence-electron chi connectivity index (χ0n) is 19.0. The lowest BCUT2D eigenvalue weighted by molar-refractivity contribution is 0.579. The molecule has 0 atom stereocenters. The predicted octanol–water partition coefficient (Wildman–Crippen LogP) is 3.90. The van der Waals surface area contributed by atoms with E-state index >= 15 is 0 Å². The Hall–Kier alpha value is -3.53. The number of nitrogens with one attached hydrogen (secondary N) is 4. The molecular weight excluding hydrogens is 436 g/mol. The van der Waals surface area contributed by atoms with Gasteiger partial charge in [0.25, 0.3) is 0 Å². The summed E-state index contributed by atoms with van der Waals surface area (Å²) in [6.45, 7) is 0. The van der Waals surface area contributed by atoms with Crippen LogP contribution in [0.1, 0.15) is 0 Å². The molecule has 0 aliphatic rings. The van der Waals surface area contributed by atoms with Crippen LogP contribution in [-0.4, -0.2) is 36.6 Å². The van der Waals surface area contributed by atoms with Crippen molar-refractivity contribution in [2.24, 2.45) is 0 Å². The highest BCUT2D eigenvalue weighted by Gasteiger charge is 2.13. The van der Waals surface area contributed by atoms with Gasteiger partial charge in [0.2, 0.25) is 0 Å². The van der Waals surface area contributed by atoms with Gasteiger partial charge in [-0.2, -0.15) is 8.42 Å². The van der Waals surface area contributed by atoms with Gasteiger partial charge in [0.1, 0.15) is 0 Å². The monoisotopic (exact) mass is 464 g/mol. The summed E-state index contributed by atoms with van der Waals surface area (Å²) in [5.74, 6) is 0. The molecule has 4 rings (SSSR count). The third-order valence-corrected chi connectivity index (χ3v) is 6.14. The molecule has 4 N–H and O–H groups in total. The SMILES string of the molecule is CN(C)c1cccc2c(NNS(=O)(=O)NNc3cccc4c(N(C)C)cccc34)cccc12. The van der Waals surface area contributed by atoms with Gasteiger partial charge < -0.3 is 20.7 Å². The third-order valence-electron chi connectivity index (χ3n) is 5.40. The Morgan fingerprint density at radius 2 is 0.909 bits per heavy atom. The van der Waals surface area contributed by atoms with E-state index in [0.29, 0.717) is 11.4 Å². The second kappa shape index (κ2) is 9.14. The van der Waals surface area contributed by atoms with E-state index in [9.17, 15) is 8.42 Å². The number of fused-ring (bicyclic) bond motifs is 2. The zero-order valence-corrected chi connectivity index (χ0v) is 19.9. The number of hydrogen-bond acceptors (Lipinski definition) is 6. The summed E-state index contributed by atoms with van der Waals surface area (Å²) in [6.07, 6.45) is 0. The van der Waals surface area contributed by atoms with Crippen molar-refractivity contribution in [1.29, 1.82) is 0 Å². The van der Waals surface area contributed by atoms with E-state index in [1.807, 2.05) is 111 Å². The quantitative estimate of drug-likeness (QED) is 0.296. The van der Waals surface area contributed by atoms with E-state index in [0.717, 1.165) is 32.9 Å². The van der Waals surface area contributed by atoms with Crippen LogP contribution in [0.4, 0.5) is 22.7 Å². The van der Waals surface area contributed by atoms with Gasteiger partial charge in [-0.15, -0.1) is 9.66 Å². The summed E-state index contributed by atoms with van der Waals surface area (Å²) in [7, 11) is 3.99. The van der Waals surface area contributed by atoms with E-state index in [4.69, 9.17) is 0 Å². The summed E-state index contributed by atoms with van der Waals surface area (Å²) in [4.78, 5) is 8.82. The fourth-order valence-electron chi connectivity index (χ4n) is 3.85. The maximum atomic E-state index is 12.6. The summed E-state index contributed by atoms with van der Waals surface area (Å²) >= 11 is 0. The fourth-order valence-corrected chi connectivity index (χ4v) is 4.39.